The lowest BCUT2D eigenvalue weighted by atomic mass is 10.0. The number of ether oxygens (including phenoxy) is 3. The van der Waals surface area contributed by atoms with Gasteiger partial charge in [-0.1, -0.05) is 24.3 Å². The third kappa shape index (κ3) is 3.42. The van der Waals surface area contributed by atoms with Gasteiger partial charge in [-0.05, 0) is 32.0 Å². The molecule has 3 rings (SSSR count). The van der Waals surface area contributed by atoms with E-state index in [9.17, 15) is 10.1 Å². The maximum absolute atomic E-state index is 11.5. The van der Waals surface area contributed by atoms with Crippen LogP contribution < -0.4 is 14.2 Å². The van der Waals surface area contributed by atoms with Crippen molar-refractivity contribution >= 4 is 6.08 Å². The van der Waals surface area contributed by atoms with Gasteiger partial charge in [-0.2, -0.15) is 0 Å². The number of benzene rings is 2. The number of nitrogens with zero attached hydrogens (tertiary/aromatic N) is 1. The molecule has 6 nitrogen and oxygen atoms in total. The van der Waals surface area contributed by atoms with E-state index in [1.807, 2.05) is 26.0 Å². The van der Waals surface area contributed by atoms with Crippen molar-refractivity contribution in [2.75, 3.05) is 13.2 Å². The van der Waals surface area contributed by atoms with Crippen molar-refractivity contribution in [1.29, 1.82) is 0 Å². The average Bonchev–Trinajstić information content (AvgIpc) is 2.62. The lowest BCUT2D eigenvalue weighted by Gasteiger charge is -2.23. The SMILES string of the molecule is CCOc1ccc([C@H]2Oc3ccccc3C=C2[N+](=O)[O-])cc1OCC. The van der Waals surface area contributed by atoms with Crippen molar-refractivity contribution in [3.63, 3.8) is 0 Å². The molecule has 0 unspecified atom stereocenters. The summed E-state index contributed by atoms with van der Waals surface area (Å²) in [5, 5.41) is 11.5. The lowest BCUT2D eigenvalue weighted by molar-refractivity contribution is -0.434. The average molecular weight is 341 g/mol. The first-order valence-electron chi connectivity index (χ1n) is 8.15. The topological polar surface area (TPSA) is 70.8 Å². The van der Waals surface area contributed by atoms with Gasteiger partial charge in [0.25, 0.3) is 5.70 Å². The van der Waals surface area contributed by atoms with Gasteiger partial charge in [0.05, 0.1) is 18.1 Å². The molecule has 0 spiro atoms. The number of hydrogen-bond acceptors (Lipinski definition) is 5. The smallest absolute Gasteiger partial charge is 0.291 e. The van der Waals surface area contributed by atoms with Crippen LogP contribution in [-0.4, -0.2) is 18.1 Å². The van der Waals surface area contributed by atoms with E-state index >= 15 is 0 Å². The summed E-state index contributed by atoms with van der Waals surface area (Å²) in [5.74, 6) is 1.77. The highest BCUT2D eigenvalue weighted by Crippen LogP contribution is 2.40. The molecule has 25 heavy (non-hydrogen) atoms. The Bertz CT molecular complexity index is 815. The van der Waals surface area contributed by atoms with Crippen molar-refractivity contribution in [2.45, 2.75) is 20.0 Å². The predicted octanol–water partition coefficient (Wildman–Crippen LogP) is 4.24. The van der Waals surface area contributed by atoms with Gasteiger partial charge in [0.2, 0.25) is 6.10 Å². The molecule has 1 aliphatic heterocycles. The van der Waals surface area contributed by atoms with Gasteiger partial charge in [-0.25, -0.2) is 0 Å². The zero-order valence-electron chi connectivity index (χ0n) is 14.1. The summed E-state index contributed by atoms with van der Waals surface area (Å²) in [6, 6.07) is 12.5. The summed E-state index contributed by atoms with van der Waals surface area (Å²) in [4.78, 5) is 11.1. The van der Waals surface area contributed by atoms with Crippen LogP contribution >= 0.6 is 0 Å². The fourth-order valence-electron chi connectivity index (χ4n) is 2.75. The summed E-state index contributed by atoms with van der Waals surface area (Å²) in [6.45, 7) is 4.74. The molecule has 0 aliphatic carbocycles. The van der Waals surface area contributed by atoms with Crippen molar-refractivity contribution < 1.29 is 19.1 Å². The molecule has 0 aromatic heterocycles. The van der Waals surface area contributed by atoms with E-state index in [1.54, 1.807) is 36.4 Å². The van der Waals surface area contributed by atoms with Crippen LogP contribution in [0.3, 0.4) is 0 Å². The molecule has 0 N–H and O–H groups in total. The number of rotatable bonds is 6. The van der Waals surface area contributed by atoms with E-state index in [0.717, 1.165) is 0 Å². The van der Waals surface area contributed by atoms with Crippen molar-refractivity contribution in [3.8, 4) is 17.2 Å². The van der Waals surface area contributed by atoms with E-state index in [0.29, 0.717) is 41.6 Å². The highest BCUT2D eigenvalue weighted by molar-refractivity contribution is 5.62. The quantitative estimate of drug-likeness (QED) is 0.581. The molecule has 1 heterocycles. The number of hydrogen-bond donors (Lipinski definition) is 0. The van der Waals surface area contributed by atoms with Gasteiger partial charge in [0, 0.05) is 17.2 Å². The van der Waals surface area contributed by atoms with Crippen LogP contribution in [0, 0.1) is 10.1 Å². The van der Waals surface area contributed by atoms with Crippen molar-refractivity contribution in [3.05, 3.63) is 69.4 Å². The molecule has 0 saturated heterocycles. The van der Waals surface area contributed by atoms with Crippen LogP contribution in [0.2, 0.25) is 0 Å². The van der Waals surface area contributed by atoms with Crippen LogP contribution in [0.5, 0.6) is 17.2 Å². The van der Waals surface area contributed by atoms with Crippen molar-refractivity contribution in [1.82, 2.24) is 0 Å². The first-order chi connectivity index (χ1) is 12.1. The number of nitro groups is 1. The van der Waals surface area contributed by atoms with E-state index in [1.165, 1.54) is 0 Å². The van der Waals surface area contributed by atoms with E-state index < -0.39 is 11.0 Å². The summed E-state index contributed by atoms with van der Waals surface area (Å²) in [6.07, 6.45) is 0.750. The monoisotopic (exact) mass is 341 g/mol. The van der Waals surface area contributed by atoms with Crippen LogP contribution in [0.25, 0.3) is 6.08 Å². The molecular weight excluding hydrogens is 322 g/mol. The highest BCUT2D eigenvalue weighted by Gasteiger charge is 2.33. The van der Waals surface area contributed by atoms with Gasteiger partial charge >= 0.3 is 0 Å². The molecule has 1 atom stereocenters. The van der Waals surface area contributed by atoms with Crippen LogP contribution in [-0.2, 0) is 0 Å². The second-order valence-electron chi connectivity index (χ2n) is 5.43. The summed E-state index contributed by atoms with van der Waals surface area (Å²) in [5.41, 5.74) is 1.33. The molecule has 6 heteroatoms. The first-order valence-corrected chi connectivity index (χ1v) is 8.15. The minimum atomic E-state index is -0.806. The number of fused-ring (bicyclic) bond motifs is 1. The Morgan fingerprint density at radius 3 is 2.52 bits per heavy atom. The second-order valence-corrected chi connectivity index (χ2v) is 5.43. The zero-order valence-corrected chi connectivity index (χ0v) is 14.1. The van der Waals surface area contributed by atoms with Gasteiger partial charge in [0.15, 0.2) is 11.5 Å². The van der Waals surface area contributed by atoms with E-state index in [4.69, 9.17) is 14.2 Å². The van der Waals surface area contributed by atoms with Gasteiger partial charge in [0.1, 0.15) is 5.75 Å². The van der Waals surface area contributed by atoms with Gasteiger partial charge in [-0.3, -0.25) is 10.1 Å². The fraction of sp³-hybridized carbons (Fsp3) is 0.263. The highest BCUT2D eigenvalue weighted by atomic mass is 16.6. The Kier molecular flexibility index (Phi) is 4.88. The zero-order chi connectivity index (χ0) is 17.8. The summed E-state index contributed by atoms with van der Waals surface area (Å²) < 4.78 is 17.1. The third-order valence-electron chi connectivity index (χ3n) is 3.82. The molecule has 130 valence electrons. The molecule has 0 radical (unpaired) electrons. The third-order valence-corrected chi connectivity index (χ3v) is 3.82. The first kappa shape index (κ1) is 16.8. The predicted molar refractivity (Wildman–Crippen MR) is 93.6 cm³/mol. The van der Waals surface area contributed by atoms with E-state index in [2.05, 4.69) is 0 Å². The minimum absolute atomic E-state index is 0.00897. The normalized spacial score (nSPS) is 15.6. The van der Waals surface area contributed by atoms with E-state index in [-0.39, 0.29) is 5.70 Å². The summed E-state index contributed by atoms with van der Waals surface area (Å²) >= 11 is 0. The minimum Gasteiger partial charge on any atom is -0.490 e. The van der Waals surface area contributed by atoms with Gasteiger partial charge < -0.3 is 14.2 Å². The molecule has 0 fully saturated rings. The Balaban J connectivity index is 2.03. The number of para-hydroxylation sites is 1. The summed E-state index contributed by atoms with van der Waals surface area (Å²) in [7, 11) is 0. The molecule has 0 bridgehead atoms. The molecule has 0 amide bonds. The molecular formula is C19H19NO5. The van der Waals surface area contributed by atoms with Crippen molar-refractivity contribution in [2.24, 2.45) is 0 Å². The molecule has 2 aromatic rings. The Hall–Kier alpha value is -3.02. The Labute approximate surface area is 145 Å². The largest absolute Gasteiger partial charge is 0.490 e. The standard InChI is InChI=1S/C19H19NO5/c1-3-23-17-10-9-14(12-18(17)24-4-2)19-15(20(21)22)11-13-7-5-6-8-16(13)25-19/h5-12,19H,3-4H2,1-2H3/t19-/m1/s1. The maximum Gasteiger partial charge on any atom is 0.291 e. The molecule has 0 saturated carbocycles. The van der Waals surface area contributed by atoms with Gasteiger partial charge in [-0.15, -0.1) is 0 Å². The Morgan fingerprint density at radius 1 is 1.08 bits per heavy atom. The molecule has 1 aliphatic rings. The van der Waals surface area contributed by atoms with Crippen LogP contribution in [0.15, 0.2) is 48.2 Å². The fourth-order valence-corrected chi connectivity index (χ4v) is 2.75. The maximum atomic E-state index is 11.5. The molecule has 2 aromatic carbocycles. The van der Waals surface area contributed by atoms with Crippen LogP contribution in [0.1, 0.15) is 31.1 Å². The lowest BCUT2D eigenvalue weighted by Crippen LogP contribution is -2.19. The Morgan fingerprint density at radius 2 is 1.80 bits per heavy atom. The second kappa shape index (κ2) is 7.25. The van der Waals surface area contributed by atoms with Crippen LogP contribution in [0.4, 0.5) is 0 Å².